The second-order valence-corrected chi connectivity index (χ2v) is 6.36. The number of aliphatic carboxylic acids is 1. The normalized spacial score (nSPS) is 38.1. The van der Waals surface area contributed by atoms with Crippen LogP contribution < -0.4 is 0 Å². The summed E-state index contributed by atoms with van der Waals surface area (Å²) in [5, 5.41) is 8.58. The lowest BCUT2D eigenvalue weighted by molar-refractivity contribution is -0.167. The molecule has 0 aromatic rings. The van der Waals surface area contributed by atoms with Crippen LogP contribution in [-0.2, 0) is 14.3 Å². The number of carboxylic acid groups (broad SMARTS) is 1. The number of hydrogen-bond donors (Lipinski definition) is 1. The van der Waals surface area contributed by atoms with Gasteiger partial charge in [0.2, 0.25) is 0 Å². The van der Waals surface area contributed by atoms with Gasteiger partial charge in [0.05, 0.1) is 0 Å². The highest BCUT2D eigenvalue weighted by Crippen LogP contribution is 2.63. The predicted molar refractivity (Wildman–Crippen MR) is 61.4 cm³/mol. The second-order valence-electron chi connectivity index (χ2n) is 6.36. The summed E-state index contributed by atoms with van der Waals surface area (Å²) in [5.41, 5.74) is 0.0174. The van der Waals surface area contributed by atoms with E-state index in [0.29, 0.717) is 5.92 Å². The third-order valence-corrected chi connectivity index (χ3v) is 4.68. The number of rotatable bonds is 3. The lowest BCUT2D eigenvalue weighted by atomic mass is 9.70. The summed E-state index contributed by atoms with van der Waals surface area (Å²) < 4.78 is 5.45. The summed E-state index contributed by atoms with van der Waals surface area (Å²) in [6, 6.07) is 0. The van der Waals surface area contributed by atoms with Gasteiger partial charge in [0.15, 0.2) is 0 Å². The van der Waals surface area contributed by atoms with Crippen LogP contribution >= 0.6 is 0 Å². The van der Waals surface area contributed by atoms with Gasteiger partial charge >= 0.3 is 11.9 Å². The molecular formula is C13H20O4. The molecule has 0 aromatic heterocycles. The molecule has 2 bridgehead atoms. The molecule has 2 aliphatic carbocycles. The Morgan fingerprint density at radius 3 is 2.47 bits per heavy atom. The van der Waals surface area contributed by atoms with Crippen molar-refractivity contribution in [2.24, 2.45) is 16.7 Å². The third-order valence-electron chi connectivity index (χ3n) is 4.68. The minimum absolute atomic E-state index is 0.0266. The molecule has 2 rings (SSSR count). The molecule has 2 saturated carbocycles. The molecule has 0 saturated heterocycles. The molecule has 0 radical (unpaired) electrons. The Hall–Kier alpha value is -1.06. The predicted octanol–water partition coefficient (Wildman–Crippen LogP) is 2.22. The highest BCUT2D eigenvalue weighted by atomic mass is 16.5. The van der Waals surface area contributed by atoms with Gasteiger partial charge in [-0.15, -0.1) is 0 Å². The van der Waals surface area contributed by atoms with Crippen molar-refractivity contribution < 1.29 is 19.4 Å². The van der Waals surface area contributed by atoms with Crippen LogP contribution in [0, 0.1) is 16.7 Å². The molecule has 3 unspecified atom stereocenters. The molecule has 1 N–H and O–H groups in total. The molecule has 2 fully saturated rings. The van der Waals surface area contributed by atoms with E-state index in [4.69, 9.17) is 9.84 Å². The van der Waals surface area contributed by atoms with Crippen molar-refractivity contribution in [2.75, 3.05) is 0 Å². The minimum Gasteiger partial charge on any atom is -0.481 e. The number of carbonyl (C=O) groups is 2. The Kier molecular flexibility index (Phi) is 2.71. The molecule has 0 spiro atoms. The fourth-order valence-electron chi connectivity index (χ4n) is 3.85. The number of hydrogen-bond acceptors (Lipinski definition) is 3. The minimum atomic E-state index is -1.12. The van der Waals surface area contributed by atoms with Crippen LogP contribution in [0.3, 0.4) is 0 Å². The highest BCUT2D eigenvalue weighted by molar-refractivity contribution is 5.90. The van der Waals surface area contributed by atoms with Gasteiger partial charge in [-0.2, -0.15) is 0 Å². The van der Waals surface area contributed by atoms with E-state index in [-0.39, 0.29) is 16.9 Å². The van der Waals surface area contributed by atoms with E-state index in [1.54, 1.807) is 0 Å². The van der Waals surface area contributed by atoms with Gasteiger partial charge in [-0.25, -0.2) is 0 Å². The zero-order valence-electron chi connectivity index (χ0n) is 10.7. The van der Waals surface area contributed by atoms with Crippen LogP contribution in [0.4, 0.5) is 0 Å². The standard InChI is InChI=1S/C13H20O4/c1-12(2)8-4-5-13(3,7-8)11(12)17-10(16)6-9(14)15/h8,11H,4-7H2,1-3H3,(H,14,15). The average Bonchev–Trinajstić information content (AvgIpc) is 2.63. The van der Waals surface area contributed by atoms with E-state index in [9.17, 15) is 9.59 Å². The Morgan fingerprint density at radius 1 is 1.35 bits per heavy atom. The number of fused-ring (bicyclic) bond motifs is 2. The molecule has 3 atom stereocenters. The summed E-state index contributed by atoms with van der Waals surface area (Å²) in [6.07, 6.45) is 2.68. The number of esters is 1. The van der Waals surface area contributed by atoms with Crippen LogP contribution in [0.5, 0.6) is 0 Å². The lowest BCUT2D eigenvalue weighted by Gasteiger charge is -2.41. The molecule has 4 heteroatoms. The van der Waals surface area contributed by atoms with Gasteiger partial charge in [-0.05, 0) is 25.2 Å². The molecule has 0 aliphatic heterocycles. The quantitative estimate of drug-likeness (QED) is 0.607. The molecule has 0 aromatic carbocycles. The molecule has 2 aliphatic rings. The van der Waals surface area contributed by atoms with E-state index in [1.807, 2.05) is 0 Å². The summed E-state index contributed by atoms with van der Waals surface area (Å²) in [7, 11) is 0. The van der Waals surface area contributed by atoms with Crippen molar-refractivity contribution in [3.05, 3.63) is 0 Å². The van der Waals surface area contributed by atoms with E-state index in [0.717, 1.165) is 12.8 Å². The second kappa shape index (κ2) is 3.72. The Bertz CT molecular complexity index is 356. The SMILES string of the molecule is CC12CCC(C1)C(C)(C)C2OC(=O)CC(=O)O. The Balaban J connectivity index is 2.10. The zero-order chi connectivity index (χ0) is 12.8. The first-order valence-electron chi connectivity index (χ1n) is 6.17. The Labute approximate surface area is 101 Å². The van der Waals surface area contributed by atoms with E-state index >= 15 is 0 Å². The van der Waals surface area contributed by atoms with Crippen molar-refractivity contribution in [2.45, 2.75) is 52.6 Å². The molecular weight excluding hydrogens is 220 g/mol. The van der Waals surface area contributed by atoms with E-state index in [1.165, 1.54) is 6.42 Å². The van der Waals surface area contributed by atoms with Crippen LogP contribution in [0.15, 0.2) is 0 Å². The first-order chi connectivity index (χ1) is 7.75. The fourth-order valence-corrected chi connectivity index (χ4v) is 3.85. The molecule has 0 heterocycles. The lowest BCUT2D eigenvalue weighted by Crippen LogP contribution is -2.43. The van der Waals surface area contributed by atoms with Crippen LogP contribution in [0.1, 0.15) is 46.5 Å². The van der Waals surface area contributed by atoms with Crippen molar-refractivity contribution in [1.29, 1.82) is 0 Å². The van der Waals surface area contributed by atoms with Crippen molar-refractivity contribution in [3.63, 3.8) is 0 Å². The van der Waals surface area contributed by atoms with Crippen molar-refractivity contribution >= 4 is 11.9 Å². The average molecular weight is 240 g/mol. The smallest absolute Gasteiger partial charge is 0.317 e. The molecule has 4 nitrogen and oxygen atoms in total. The fraction of sp³-hybridized carbons (Fsp3) is 0.846. The van der Waals surface area contributed by atoms with Crippen LogP contribution in [-0.4, -0.2) is 23.1 Å². The van der Waals surface area contributed by atoms with Gasteiger partial charge in [0, 0.05) is 10.8 Å². The van der Waals surface area contributed by atoms with Gasteiger partial charge in [0.1, 0.15) is 12.5 Å². The first kappa shape index (κ1) is 12.4. The van der Waals surface area contributed by atoms with Gasteiger partial charge < -0.3 is 9.84 Å². The summed E-state index contributed by atoms with van der Waals surface area (Å²) in [5.74, 6) is -1.14. The summed E-state index contributed by atoms with van der Waals surface area (Å²) in [6.45, 7) is 6.40. The maximum absolute atomic E-state index is 11.5. The largest absolute Gasteiger partial charge is 0.481 e. The highest BCUT2D eigenvalue weighted by Gasteiger charge is 2.61. The maximum Gasteiger partial charge on any atom is 0.317 e. The van der Waals surface area contributed by atoms with Gasteiger partial charge in [0.25, 0.3) is 0 Å². The number of carboxylic acids is 1. The topological polar surface area (TPSA) is 63.6 Å². The summed E-state index contributed by atoms with van der Waals surface area (Å²) in [4.78, 5) is 22.0. The molecule has 17 heavy (non-hydrogen) atoms. The monoisotopic (exact) mass is 240 g/mol. The van der Waals surface area contributed by atoms with Crippen molar-refractivity contribution in [3.8, 4) is 0 Å². The van der Waals surface area contributed by atoms with E-state index < -0.39 is 18.4 Å². The van der Waals surface area contributed by atoms with E-state index in [2.05, 4.69) is 20.8 Å². The first-order valence-corrected chi connectivity index (χ1v) is 6.17. The van der Waals surface area contributed by atoms with Gasteiger partial charge in [-0.1, -0.05) is 20.8 Å². The van der Waals surface area contributed by atoms with Crippen molar-refractivity contribution in [1.82, 2.24) is 0 Å². The third kappa shape index (κ3) is 1.94. The van der Waals surface area contributed by atoms with Crippen LogP contribution in [0.2, 0.25) is 0 Å². The van der Waals surface area contributed by atoms with Crippen LogP contribution in [0.25, 0.3) is 0 Å². The molecule has 0 amide bonds. The van der Waals surface area contributed by atoms with Gasteiger partial charge in [-0.3, -0.25) is 9.59 Å². The zero-order valence-corrected chi connectivity index (χ0v) is 10.7. The molecule has 96 valence electrons. The Morgan fingerprint density at radius 2 is 2.00 bits per heavy atom. The maximum atomic E-state index is 11.5. The number of ether oxygens (including phenoxy) is 1. The number of carbonyl (C=O) groups excluding carboxylic acids is 1. The summed E-state index contributed by atoms with van der Waals surface area (Å²) >= 11 is 0.